The first-order chi connectivity index (χ1) is 10.2. The van der Waals surface area contributed by atoms with Crippen molar-refractivity contribution in [2.45, 2.75) is 5.38 Å². The van der Waals surface area contributed by atoms with E-state index in [4.69, 9.17) is 11.6 Å². The number of nitrogens with one attached hydrogen (secondary N) is 1. The fourth-order valence-electron chi connectivity index (χ4n) is 2.02. The van der Waals surface area contributed by atoms with Crippen LogP contribution in [0.25, 0.3) is 11.0 Å². The van der Waals surface area contributed by atoms with E-state index in [0.717, 1.165) is 16.6 Å². The van der Waals surface area contributed by atoms with Crippen molar-refractivity contribution in [1.29, 1.82) is 0 Å². The predicted molar refractivity (Wildman–Crippen MR) is 83.2 cm³/mol. The number of alkyl halides is 1. The Morgan fingerprint density at radius 1 is 1.00 bits per heavy atom. The number of hydrogen-bond donors (Lipinski definition) is 1. The summed E-state index contributed by atoms with van der Waals surface area (Å²) in [5.74, 6) is -0.272. The van der Waals surface area contributed by atoms with Crippen LogP contribution >= 0.6 is 11.6 Å². The molecule has 0 fully saturated rings. The Kier molecular flexibility index (Phi) is 3.79. The van der Waals surface area contributed by atoms with Crippen LogP contribution < -0.4 is 5.32 Å². The Bertz CT molecular complexity index is 777. The molecule has 1 atom stereocenters. The highest BCUT2D eigenvalue weighted by molar-refractivity contribution is 6.32. The Labute approximate surface area is 126 Å². The summed E-state index contributed by atoms with van der Waals surface area (Å²) in [4.78, 5) is 20.6. The van der Waals surface area contributed by atoms with Crippen LogP contribution in [0.4, 0.5) is 5.69 Å². The zero-order valence-electron chi connectivity index (χ0n) is 11.0. The number of benzene rings is 2. The third-order valence-corrected chi connectivity index (χ3v) is 3.51. The minimum atomic E-state index is -0.733. The van der Waals surface area contributed by atoms with Crippen LogP contribution in [0.5, 0.6) is 0 Å². The summed E-state index contributed by atoms with van der Waals surface area (Å²) in [5, 5.41) is 2.06. The Morgan fingerprint density at radius 3 is 2.48 bits per heavy atom. The molecule has 1 heterocycles. The van der Waals surface area contributed by atoms with E-state index in [-0.39, 0.29) is 5.91 Å². The van der Waals surface area contributed by atoms with Gasteiger partial charge in [-0.15, -0.1) is 11.6 Å². The zero-order valence-corrected chi connectivity index (χ0v) is 11.8. The summed E-state index contributed by atoms with van der Waals surface area (Å²) < 4.78 is 0. The number of fused-ring (bicyclic) bond motifs is 1. The van der Waals surface area contributed by atoms with E-state index >= 15 is 0 Å². The summed E-state index contributed by atoms with van der Waals surface area (Å²) in [6.07, 6.45) is 3.24. The molecule has 5 heteroatoms. The van der Waals surface area contributed by atoms with Crippen LogP contribution in [0.2, 0.25) is 0 Å². The number of halogens is 1. The average molecular weight is 298 g/mol. The van der Waals surface area contributed by atoms with Gasteiger partial charge in [-0.25, -0.2) is 0 Å². The van der Waals surface area contributed by atoms with Crippen LogP contribution in [0.1, 0.15) is 10.9 Å². The highest BCUT2D eigenvalue weighted by Crippen LogP contribution is 2.23. The van der Waals surface area contributed by atoms with E-state index in [1.807, 2.05) is 36.4 Å². The largest absolute Gasteiger partial charge is 0.324 e. The molecule has 1 amide bonds. The van der Waals surface area contributed by atoms with Crippen molar-refractivity contribution in [3.63, 3.8) is 0 Å². The Hall–Kier alpha value is -2.46. The SMILES string of the molecule is O=C(Nc1ccc2nccnc2c1)C(Cl)c1ccccc1. The van der Waals surface area contributed by atoms with Crippen molar-refractivity contribution in [1.82, 2.24) is 9.97 Å². The van der Waals surface area contributed by atoms with Crippen molar-refractivity contribution in [2.75, 3.05) is 5.32 Å². The van der Waals surface area contributed by atoms with Crippen molar-refractivity contribution >= 4 is 34.2 Å². The number of nitrogens with zero attached hydrogens (tertiary/aromatic N) is 2. The maximum absolute atomic E-state index is 12.2. The highest BCUT2D eigenvalue weighted by atomic mass is 35.5. The predicted octanol–water partition coefficient (Wildman–Crippen LogP) is 3.55. The van der Waals surface area contributed by atoms with Gasteiger partial charge in [0.2, 0.25) is 5.91 Å². The van der Waals surface area contributed by atoms with E-state index in [0.29, 0.717) is 5.69 Å². The first-order valence-corrected chi connectivity index (χ1v) is 6.88. The maximum Gasteiger partial charge on any atom is 0.246 e. The summed E-state index contributed by atoms with van der Waals surface area (Å²) >= 11 is 6.18. The molecule has 0 spiro atoms. The van der Waals surface area contributed by atoms with E-state index in [1.54, 1.807) is 24.5 Å². The number of rotatable bonds is 3. The molecule has 1 N–H and O–H groups in total. The molecule has 104 valence electrons. The maximum atomic E-state index is 12.2. The molecule has 3 aromatic rings. The third kappa shape index (κ3) is 3.01. The molecule has 4 nitrogen and oxygen atoms in total. The molecule has 1 aromatic heterocycles. The van der Waals surface area contributed by atoms with Crippen molar-refractivity contribution in [3.8, 4) is 0 Å². The Morgan fingerprint density at radius 2 is 1.71 bits per heavy atom. The molecular weight excluding hydrogens is 286 g/mol. The molecule has 1 unspecified atom stereocenters. The topological polar surface area (TPSA) is 54.9 Å². The van der Waals surface area contributed by atoms with Crippen LogP contribution in [0.3, 0.4) is 0 Å². The van der Waals surface area contributed by atoms with Crippen LogP contribution in [-0.2, 0) is 4.79 Å². The Balaban J connectivity index is 1.80. The van der Waals surface area contributed by atoms with Crippen LogP contribution in [-0.4, -0.2) is 15.9 Å². The molecule has 3 rings (SSSR count). The van der Waals surface area contributed by atoms with Crippen molar-refractivity contribution in [3.05, 3.63) is 66.5 Å². The van der Waals surface area contributed by atoms with Gasteiger partial charge in [0, 0.05) is 18.1 Å². The average Bonchev–Trinajstić information content (AvgIpc) is 2.55. The minimum absolute atomic E-state index is 0.272. The molecule has 0 aliphatic heterocycles. The lowest BCUT2D eigenvalue weighted by Crippen LogP contribution is -2.17. The van der Waals surface area contributed by atoms with Gasteiger partial charge in [0.25, 0.3) is 0 Å². The second-order valence-electron chi connectivity index (χ2n) is 4.52. The summed E-state index contributed by atoms with van der Waals surface area (Å²) in [5.41, 5.74) is 2.91. The minimum Gasteiger partial charge on any atom is -0.324 e. The molecule has 0 radical (unpaired) electrons. The lowest BCUT2D eigenvalue weighted by molar-refractivity contribution is -0.116. The van der Waals surface area contributed by atoms with Crippen molar-refractivity contribution < 1.29 is 4.79 Å². The number of amides is 1. The number of carbonyl (C=O) groups is 1. The molecular formula is C16H12ClN3O. The third-order valence-electron chi connectivity index (χ3n) is 3.06. The monoisotopic (exact) mass is 297 g/mol. The molecule has 2 aromatic carbocycles. The smallest absolute Gasteiger partial charge is 0.246 e. The lowest BCUT2D eigenvalue weighted by atomic mass is 10.1. The summed E-state index contributed by atoms with van der Waals surface area (Å²) in [7, 11) is 0. The molecule has 0 aliphatic rings. The van der Waals surface area contributed by atoms with Gasteiger partial charge < -0.3 is 5.32 Å². The number of anilines is 1. The lowest BCUT2D eigenvalue weighted by Gasteiger charge is -2.11. The number of aromatic nitrogens is 2. The van der Waals surface area contributed by atoms with E-state index in [9.17, 15) is 4.79 Å². The quantitative estimate of drug-likeness (QED) is 0.752. The van der Waals surface area contributed by atoms with Gasteiger partial charge in [0.15, 0.2) is 0 Å². The molecule has 0 aliphatic carbocycles. The molecule has 21 heavy (non-hydrogen) atoms. The fraction of sp³-hybridized carbons (Fsp3) is 0.0625. The summed E-state index contributed by atoms with van der Waals surface area (Å²) in [6, 6.07) is 14.6. The summed E-state index contributed by atoms with van der Waals surface area (Å²) in [6.45, 7) is 0. The molecule has 0 bridgehead atoms. The van der Waals surface area contributed by atoms with Gasteiger partial charge >= 0.3 is 0 Å². The van der Waals surface area contributed by atoms with Crippen LogP contribution in [0.15, 0.2) is 60.9 Å². The van der Waals surface area contributed by atoms with Crippen molar-refractivity contribution in [2.24, 2.45) is 0 Å². The number of carbonyl (C=O) groups excluding carboxylic acids is 1. The number of hydrogen-bond acceptors (Lipinski definition) is 3. The standard InChI is InChI=1S/C16H12ClN3O/c17-15(11-4-2-1-3-5-11)16(21)20-12-6-7-13-14(10-12)19-9-8-18-13/h1-10,15H,(H,20,21). The van der Waals surface area contributed by atoms with E-state index < -0.39 is 5.38 Å². The highest BCUT2D eigenvalue weighted by Gasteiger charge is 2.17. The first-order valence-electron chi connectivity index (χ1n) is 6.45. The second-order valence-corrected chi connectivity index (χ2v) is 4.96. The molecule has 0 saturated heterocycles. The van der Waals surface area contributed by atoms with E-state index in [1.165, 1.54) is 0 Å². The van der Waals surface area contributed by atoms with E-state index in [2.05, 4.69) is 15.3 Å². The van der Waals surface area contributed by atoms with Gasteiger partial charge in [-0.2, -0.15) is 0 Å². The molecule has 0 saturated carbocycles. The zero-order chi connectivity index (χ0) is 14.7. The van der Waals surface area contributed by atoms with Crippen LogP contribution in [0, 0.1) is 0 Å². The van der Waals surface area contributed by atoms with Gasteiger partial charge in [-0.3, -0.25) is 14.8 Å². The van der Waals surface area contributed by atoms with Gasteiger partial charge in [-0.05, 0) is 23.8 Å². The first kappa shape index (κ1) is 13.5. The fourth-order valence-corrected chi connectivity index (χ4v) is 2.22. The van der Waals surface area contributed by atoms with Gasteiger partial charge in [-0.1, -0.05) is 30.3 Å². The van der Waals surface area contributed by atoms with Gasteiger partial charge in [0.1, 0.15) is 5.38 Å². The second kappa shape index (κ2) is 5.89. The van der Waals surface area contributed by atoms with Gasteiger partial charge in [0.05, 0.1) is 11.0 Å². The normalized spacial score (nSPS) is 12.0.